The molecule has 1 aromatic carbocycles. The molecule has 0 bridgehead atoms. The number of benzene rings is 1. The molecule has 0 heterocycles. The molecule has 0 saturated heterocycles. The van der Waals surface area contributed by atoms with E-state index in [1.807, 2.05) is 0 Å². The van der Waals surface area contributed by atoms with Gasteiger partial charge in [0.1, 0.15) is 0 Å². The van der Waals surface area contributed by atoms with E-state index in [4.69, 9.17) is 11.6 Å². The predicted molar refractivity (Wildman–Crippen MR) is 62.2 cm³/mol. The molecule has 0 saturated carbocycles. The fraction of sp³-hybridized carbons (Fsp3) is 0.300. The largest absolute Gasteiger partial charge is 0.352 e. The molecule has 0 unspecified atom stereocenters. The number of rotatable bonds is 4. The number of nitrogens with one attached hydrogen (secondary N) is 1. The lowest BCUT2D eigenvalue weighted by molar-refractivity contribution is 0.0954. The Morgan fingerprint density at radius 3 is 2.57 bits per heavy atom. The molecule has 0 aromatic heterocycles. The standard InChI is InChI=1S/C10H11BrClNO/c11-6-1-7-13-10(14)8-2-4-9(12)5-3-8/h2-5H,1,6-7H2,(H,13,14). The Morgan fingerprint density at radius 1 is 1.36 bits per heavy atom. The van der Waals surface area contributed by atoms with E-state index in [1.54, 1.807) is 24.3 Å². The molecule has 14 heavy (non-hydrogen) atoms. The van der Waals surface area contributed by atoms with Crippen LogP contribution in [0.1, 0.15) is 16.8 Å². The topological polar surface area (TPSA) is 29.1 Å². The van der Waals surface area contributed by atoms with E-state index in [-0.39, 0.29) is 5.91 Å². The minimum atomic E-state index is -0.0531. The van der Waals surface area contributed by atoms with E-state index in [2.05, 4.69) is 21.2 Å². The predicted octanol–water partition coefficient (Wildman–Crippen LogP) is 2.85. The minimum absolute atomic E-state index is 0.0531. The summed E-state index contributed by atoms with van der Waals surface area (Å²) in [4.78, 5) is 11.5. The van der Waals surface area contributed by atoms with Crippen molar-refractivity contribution in [3.05, 3.63) is 34.9 Å². The van der Waals surface area contributed by atoms with E-state index in [0.717, 1.165) is 11.8 Å². The van der Waals surface area contributed by atoms with Crippen molar-refractivity contribution in [3.63, 3.8) is 0 Å². The zero-order valence-electron chi connectivity index (χ0n) is 7.59. The van der Waals surface area contributed by atoms with Crippen molar-refractivity contribution in [2.45, 2.75) is 6.42 Å². The molecule has 76 valence electrons. The first-order valence-electron chi connectivity index (χ1n) is 4.34. The highest BCUT2D eigenvalue weighted by molar-refractivity contribution is 9.09. The van der Waals surface area contributed by atoms with Gasteiger partial charge in [0, 0.05) is 22.5 Å². The zero-order chi connectivity index (χ0) is 10.4. The van der Waals surface area contributed by atoms with Crippen LogP contribution in [0.2, 0.25) is 5.02 Å². The van der Waals surface area contributed by atoms with E-state index >= 15 is 0 Å². The smallest absolute Gasteiger partial charge is 0.251 e. The van der Waals surface area contributed by atoms with Crippen LogP contribution in [0.5, 0.6) is 0 Å². The van der Waals surface area contributed by atoms with Gasteiger partial charge in [-0.2, -0.15) is 0 Å². The second-order valence-corrected chi connectivity index (χ2v) is 4.03. The first kappa shape index (κ1) is 11.5. The van der Waals surface area contributed by atoms with Crippen LogP contribution < -0.4 is 5.32 Å². The maximum Gasteiger partial charge on any atom is 0.251 e. The van der Waals surface area contributed by atoms with Gasteiger partial charge in [0.2, 0.25) is 0 Å². The molecular weight excluding hydrogens is 265 g/mol. The molecular formula is C10H11BrClNO. The maximum atomic E-state index is 11.5. The molecule has 0 fully saturated rings. The third-order valence-corrected chi connectivity index (χ3v) is 2.52. The van der Waals surface area contributed by atoms with Crippen molar-refractivity contribution < 1.29 is 4.79 Å². The molecule has 1 amide bonds. The van der Waals surface area contributed by atoms with Gasteiger partial charge in [0.25, 0.3) is 5.91 Å². The molecule has 0 aliphatic rings. The maximum absolute atomic E-state index is 11.5. The summed E-state index contributed by atoms with van der Waals surface area (Å²) in [6.07, 6.45) is 0.930. The third kappa shape index (κ3) is 3.68. The van der Waals surface area contributed by atoms with Crippen molar-refractivity contribution >= 4 is 33.4 Å². The van der Waals surface area contributed by atoms with Gasteiger partial charge >= 0.3 is 0 Å². The van der Waals surface area contributed by atoms with Crippen LogP contribution in [-0.2, 0) is 0 Å². The molecule has 0 aliphatic heterocycles. The highest BCUT2D eigenvalue weighted by atomic mass is 79.9. The molecule has 1 rings (SSSR count). The Labute approximate surface area is 96.8 Å². The monoisotopic (exact) mass is 275 g/mol. The third-order valence-electron chi connectivity index (χ3n) is 1.70. The van der Waals surface area contributed by atoms with Crippen molar-refractivity contribution in [3.8, 4) is 0 Å². The van der Waals surface area contributed by atoms with Crippen molar-refractivity contribution in [2.75, 3.05) is 11.9 Å². The second kappa shape index (κ2) is 6.04. The summed E-state index contributed by atoms with van der Waals surface area (Å²) in [5, 5.41) is 4.34. The van der Waals surface area contributed by atoms with Gasteiger partial charge in [-0.15, -0.1) is 0 Å². The van der Waals surface area contributed by atoms with Crippen LogP contribution in [-0.4, -0.2) is 17.8 Å². The lowest BCUT2D eigenvalue weighted by Gasteiger charge is -2.03. The molecule has 1 N–H and O–H groups in total. The van der Waals surface area contributed by atoms with E-state index in [1.165, 1.54) is 0 Å². The van der Waals surface area contributed by atoms with Gasteiger partial charge in [-0.3, -0.25) is 4.79 Å². The summed E-state index contributed by atoms with van der Waals surface area (Å²) in [6, 6.07) is 6.85. The Hall–Kier alpha value is -0.540. The first-order chi connectivity index (χ1) is 6.74. The van der Waals surface area contributed by atoms with Gasteiger partial charge < -0.3 is 5.32 Å². The second-order valence-electron chi connectivity index (χ2n) is 2.81. The van der Waals surface area contributed by atoms with Gasteiger partial charge in [-0.05, 0) is 30.7 Å². The highest BCUT2D eigenvalue weighted by Gasteiger charge is 2.03. The number of carbonyl (C=O) groups is 1. The van der Waals surface area contributed by atoms with Crippen molar-refractivity contribution in [1.82, 2.24) is 5.32 Å². The summed E-state index contributed by atoms with van der Waals surface area (Å²) in [5.41, 5.74) is 0.643. The molecule has 0 aliphatic carbocycles. The van der Waals surface area contributed by atoms with E-state index in [9.17, 15) is 4.79 Å². The Kier molecular flexibility index (Phi) is 4.98. The summed E-state index contributed by atoms with van der Waals surface area (Å²) in [6.45, 7) is 0.687. The quantitative estimate of drug-likeness (QED) is 0.665. The van der Waals surface area contributed by atoms with Crippen LogP contribution in [0.15, 0.2) is 24.3 Å². The number of hydrogen-bond acceptors (Lipinski definition) is 1. The van der Waals surface area contributed by atoms with Crippen LogP contribution in [0.25, 0.3) is 0 Å². The number of halogens is 2. The van der Waals surface area contributed by atoms with Gasteiger partial charge in [-0.25, -0.2) is 0 Å². The van der Waals surface area contributed by atoms with E-state index < -0.39 is 0 Å². The fourth-order valence-electron chi connectivity index (χ4n) is 0.972. The number of carbonyl (C=O) groups excluding carboxylic acids is 1. The van der Waals surface area contributed by atoms with Crippen molar-refractivity contribution in [2.24, 2.45) is 0 Å². The number of hydrogen-bond donors (Lipinski definition) is 1. The Balaban J connectivity index is 2.48. The molecule has 0 spiro atoms. The fourth-order valence-corrected chi connectivity index (χ4v) is 1.38. The summed E-state index contributed by atoms with van der Waals surface area (Å²) in [7, 11) is 0. The van der Waals surface area contributed by atoms with Crippen LogP contribution in [0, 0.1) is 0 Å². The SMILES string of the molecule is O=C(NCCCBr)c1ccc(Cl)cc1. The summed E-state index contributed by atoms with van der Waals surface area (Å²) >= 11 is 9.00. The Bertz CT molecular complexity index is 299. The minimum Gasteiger partial charge on any atom is -0.352 e. The number of alkyl halides is 1. The average Bonchev–Trinajstić information content (AvgIpc) is 2.19. The Morgan fingerprint density at radius 2 is 2.00 bits per heavy atom. The average molecular weight is 277 g/mol. The first-order valence-corrected chi connectivity index (χ1v) is 5.83. The summed E-state index contributed by atoms with van der Waals surface area (Å²) in [5.74, 6) is -0.0531. The van der Waals surface area contributed by atoms with Gasteiger partial charge in [-0.1, -0.05) is 27.5 Å². The summed E-state index contributed by atoms with van der Waals surface area (Å²) < 4.78 is 0. The molecule has 0 radical (unpaired) electrons. The molecule has 1 aromatic rings. The number of amides is 1. The van der Waals surface area contributed by atoms with Gasteiger partial charge in [0.05, 0.1) is 0 Å². The molecule has 2 nitrogen and oxygen atoms in total. The van der Waals surface area contributed by atoms with E-state index in [0.29, 0.717) is 17.1 Å². The lowest BCUT2D eigenvalue weighted by atomic mass is 10.2. The highest BCUT2D eigenvalue weighted by Crippen LogP contribution is 2.09. The van der Waals surface area contributed by atoms with Crippen molar-refractivity contribution in [1.29, 1.82) is 0 Å². The normalized spacial score (nSPS) is 9.86. The molecule has 4 heteroatoms. The van der Waals surface area contributed by atoms with Gasteiger partial charge in [0.15, 0.2) is 0 Å². The molecule has 0 atom stereocenters. The zero-order valence-corrected chi connectivity index (χ0v) is 9.94. The van der Waals surface area contributed by atoms with Crippen LogP contribution >= 0.6 is 27.5 Å². The lowest BCUT2D eigenvalue weighted by Crippen LogP contribution is -2.24. The van der Waals surface area contributed by atoms with Crippen LogP contribution in [0.3, 0.4) is 0 Å². The van der Waals surface area contributed by atoms with Crippen LogP contribution in [0.4, 0.5) is 0 Å².